The number of halogens is 1. The molecule has 1 aromatic heterocycles. The highest BCUT2D eigenvalue weighted by Crippen LogP contribution is 2.19. The zero-order valence-corrected chi connectivity index (χ0v) is 13.9. The number of hydrogen-bond acceptors (Lipinski definition) is 2. The molecule has 2 aromatic rings. The molecule has 0 aliphatic heterocycles. The van der Waals surface area contributed by atoms with Crippen LogP contribution in [0.5, 0.6) is 0 Å². The lowest BCUT2D eigenvalue weighted by Crippen LogP contribution is -2.11. The molecule has 0 radical (unpaired) electrons. The van der Waals surface area contributed by atoms with Crippen LogP contribution >= 0.6 is 27.3 Å². The molecule has 2 rings (SSSR count). The molecule has 0 fully saturated rings. The highest BCUT2D eigenvalue weighted by atomic mass is 79.9. The molecule has 1 heterocycles. The molecule has 0 saturated carbocycles. The smallest absolute Gasteiger partial charge is 0.0303 e. The summed E-state index contributed by atoms with van der Waals surface area (Å²) in [6.07, 6.45) is 1.16. The fraction of sp³-hybridized carbons (Fsp3) is 0.375. The predicted octanol–water partition coefficient (Wildman–Crippen LogP) is 5.00. The van der Waals surface area contributed by atoms with Crippen LogP contribution in [0.2, 0.25) is 0 Å². The molecule has 1 nitrogen and oxygen atoms in total. The van der Waals surface area contributed by atoms with Crippen molar-refractivity contribution in [1.29, 1.82) is 0 Å². The van der Waals surface area contributed by atoms with Crippen molar-refractivity contribution < 1.29 is 0 Å². The lowest BCUT2D eigenvalue weighted by molar-refractivity contribution is 0.646. The van der Waals surface area contributed by atoms with E-state index < -0.39 is 0 Å². The number of nitrogens with one attached hydrogen (secondary N) is 1. The zero-order chi connectivity index (χ0) is 13.7. The number of hydrogen-bond donors (Lipinski definition) is 1. The Morgan fingerprint density at radius 1 is 1.11 bits per heavy atom. The van der Waals surface area contributed by atoms with Crippen LogP contribution in [0.25, 0.3) is 0 Å². The van der Waals surface area contributed by atoms with Gasteiger partial charge in [-0.1, -0.05) is 38.1 Å². The van der Waals surface area contributed by atoms with Crippen molar-refractivity contribution in [3.63, 3.8) is 0 Å². The second-order valence-corrected chi connectivity index (χ2v) is 7.16. The number of thiophene rings is 1. The lowest BCUT2D eigenvalue weighted by Gasteiger charge is -2.07. The van der Waals surface area contributed by atoms with Gasteiger partial charge >= 0.3 is 0 Å². The van der Waals surface area contributed by atoms with Gasteiger partial charge in [0.1, 0.15) is 0 Å². The van der Waals surface area contributed by atoms with E-state index in [9.17, 15) is 0 Å². The first-order valence-electron chi connectivity index (χ1n) is 6.65. The molecule has 102 valence electrons. The zero-order valence-electron chi connectivity index (χ0n) is 11.4. The molecule has 3 heteroatoms. The van der Waals surface area contributed by atoms with Gasteiger partial charge in [-0.15, -0.1) is 11.3 Å². The summed E-state index contributed by atoms with van der Waals surface area (Å²) in [6, 6.07) is 11.1. The minimum Gasteiger partial charge on any atom is -0.308 e. The minimum absolute atomic E-state index is 0.723. The first kappa shape index (κ1) is 14.8. The van der Waals surface area contributed by atoms with Gasteiger partial charge in [-0.3, -0.25) is 0 Å². The molecular formula is C16H20BrNS. The molecule has 19 heavy (non-hydrogen) atoms. The van der Waals surface area contributed by atoms with Gasteiger partial charge < -0.3 is 5.32 Å². The maximum Gasteiger partial charge on any atom is 0.0303 e. The highest BCUT2D eigenvalue weighted by molar-refractivity contribution is 9.10. The van der Waals surface area contributed by atoms with E-state index in [2.05, 4.69) is 70.8 Å². The fourth-order valence-corrected chi connectivity index (χ4v) is 3.46. The third kappa shape index (κ3) is 5.09. The van der Waals surface area contributed by atoms with Gasteiger partial charge in [0, 0.05) is 27.8 Å². The molecule has 0 amide bonds. The first-order chi connectivity index (χ1) is 9.13. The Hall–Kier alpha value is -0.640. The van der Waals surface area contributed by atoms with Crippen molar-refractivity contribution in [2.75, 3.05) is 0 Å². The van der Waals surface area contributed by atoms with Crippen molar-refractivity contribution in [2.45, 2.75) is 33.4 Å². The van der Waals surface area contributed by atoms with Crippen molar-refractivity contribution in [1.82, 2.24) is 5.32 Å². The van der Waals surface area contributed by atoms with E-state index >= 15 is 0 Å². The second kappa shape index (κ2) is 7.22. The third-order valence-electron chi connectivity index (χ3n) is 2.92. The van der Waals surface area contributed by atoms with E-state index in [1.54, 1.807) is 11.3 Å². The van der Waals surface area contributed by atoms with Crippen molar-refractivity contribution in [3.8, 4) is 0 Å². The maximum absolute atomic E-state index is 3.48. The van der Waals surface area contributed by atoms with E-state index in [-0.39, 0.29) is 0 Å². The molecule has 0 aliphatic rings. The van der Waals surface area contributed by atoms with Crippen LogP contribution in [0.3, 0.4) is 0 Å². The van der Waals surface area contributed by atoms with E-state index in [0.29, 0.717) is 0 Å². The van der Waals surface area contributed by atoms with Gasteiger partial charge in [0.25, 0.3) is 0 Å². The Balaban J connectivity index is 1.79. The molecule has 0 bridgehead atoms. The standard InChI is InChI=1S/C16H20BrNS/c1-12(2)7-13-3-5-14(6-4-13)9-18-10-16-8-15(17)11-19-16/h3-6,8,11-12,18H,7,9-10H2,1-2H3. The summed E-state index contributed by atoms with van der Waals surface area (Å²) < 4.78 is 1.17. The largest absolute Gasteiger partial charge is 0.308 e. The molecule has 0 unspecified atom stereocenters. The van der Waals surface area contributed by atoms with Crippen LogP contribution in [-0.4, -0.2) is 0 Å². The summed E-state index contributed by atoms with van der Waals surface area (Å²) in [5.41, 5.74) is 2.78. The van der Waals surface area contributed by atoms with Crippen LogP contribution in [0.1, 0.15) is 29.9 Å². The molecule has 0 saturated heterocycles. The monoisotopic (exact) mass is 337 g/mol. The summed E-state index contributed by atoms with van der Waals surface area (Å²) in [7, 11) is 0. The van der Waals surface area contributed by atoms with E-state index in [1.807, 2.05) is 0 Å². The lowest BCUT2D eigenvalue weighted by atomic mass is 10.0. The average molecular weight is 338 g/mol. The Morgan fingerprint density at radius 3 is 2.37 bits per heavy atom. The normalized spacial score (nSPS) is 11.2. The SMILES string of the molecule is CC(C)Cc1ccc(CNCc2cc(Br)cs2)cc1. The summed E-state index contributed by atoms with van der Waals surface area (Å²) in [6.45, 7) is 6.38. The topological polar surface area (TPSA) is 12.0 Å². The van der Waals surface area contributed by atoms with Gasteiger partial charge in [-0.25, -0.2) is 0 Å². The fourth-order valence-electron chi connectivity index (χ4n) is 2.04. The Morgan fingerprint density at radius 2 is 1.79 bits per heavy atom. The maximum atomic E-state index is 3.48. The highest BCUT2D eigenvalue weighted by Gasteiger charge is 2.00. The number of rotatable bonds is 6. The van der Waals surface area contributed by atoms with E-state index in [0.717, 1.165) is 25.4 Å². The third-order valence-corrected chi connectivity index (χ3v) is 4.61. The van der Waals surface area contributed by atoms with Crippen LogP contribution < -0.4 is 5.32 Å². The summed E-state index contributed by atoms with van der Waals surface area (Å²) in [4.78, 5) is 1.36. The molecule has 0 spiro atoms. The Kier molecular flexibility index (Phi) is 5.61. The van der Waals surface area contributed by atoms with Crippen molar-refractivity contribution in [2.24, 2.45) is 5.92 Å². The van der Waals surface area contributed by atoms with Gasteiger partial charge in [0.15, 0.2) is 0 Å². The van der Waals surface area contributed by atoms with Crippen LogP contribution in [-0.2, 0) is 19.5 Å². The summed E-state index contributed by atoms with van der Waals surface area (Å²) in [5, 5.41) is 5.60. The molecular weight excluding hydrogens is 318 g/mol. The Labute approximate surface area is 128 Å². The average Bonchev–Trinajstić information content (AvgIpc) is 2.77. The van der Waals surface area contributed by atoms with Gasteiger partial charge in [0.05, 0.1) is 0 Å². The van der Waals surface area contributed by atoms with Gasteiger partial charge in [0.2, 0.25) is 0 Å². The molecule has 1 aromatic carbocycles. The van der Waals surface area contributed by atoms with E-state index in [4.69, 9.17) is 0 Å². The summed E-state index contributed by atoms with van der Waals surface area (Å²) >= 11 is 5.26. The van der Waals surface area contributed by atoms with Crippen molar-refractivity contribution in [3.05, 3.63) is 56.2 Å². The van der Waals surface area contributed by atoms with E-state index in [1.165, 1.54) is 20.5 Å². The minimum atomic E-state index is 0.723. The Bertz CT molecular complexity index is 502. The molecule has 0 aliphatic carbocycles. The predicted molar refractivity (Wildman–Crippen MR) is 87.5 cm³/mol. The molecule has 1 N–H and O–H groups in total. The second-order valence-electron chi connectivity index (χ2n) is 5.25. The number of benzene rings is 1. The van der Waals surface area contributed by atoms with Crippen LogP contribution in [0, 0.1) is 5.92 Å². The quantitative estimate of drug-likeness (QED) is 0.782. The molecule has 0 atom stereocenters. The first-order valence-corrected chi connectivity index (χ1v) is 8.32. The van der Waals surface area contributed by atoms with Crippen LogP contribution in [0.4, 0.5) is 0 Å². The van der Waals surface area contributed by atoms with Crippen LogP contribution in [0.15, 0.2) is 40.2 Å². The van der Waals surface area contributed by atoms with Gasteiger partial charge in [-0.05, 0) is 45.5 Å². The summed E-state index contributed by atoms with van der Waals surface area (Å²) in [5.74, 6) is 0.723. The van der Waals surface area contributed by atoms with Crippen molar-refractivity contribution >= 4 is 27.3 Å². The van der Waals surface area contributed by atoms with Gasteiger partial charge in [-0.2, -0.15) is 0 Å².